The summed E-state index contributed by atoms with van der Waals surface area (Å²) in [7, 11) is 0. The lowest BCUT2D eigenvalue weighted by molar-refractivity contribution is -0.116. The summed E-state index contributed by atoms with van der Waals surface area (Å²) in [6.07, 6.45) is 0.282. The van der Waals surface area contributed by atoms with Crippen molar-refractivity contribution in [3.8, 4) is 5.13 Å². The number of amides is 1. The van der Waals surface area contributed by atoms with E-state index in [0.29, 0.717) is 15.4 Å². The first-order chi connectivity index (χ1) is 13.9. The molecule has 29 heavy (non-hydrogen) atoms. The van der Waals surface area contributed by atoms with Gasteiger partial charge in [-0.3, -0.25) is 4.79 Å². The van der Waals surface area contributed by atoms with Crippen LogP contribution in [-0.2, 0) is 4.79 Å². The van der Waals surface area contributed by atoms with E-state index in [1.54, 1.807) is 16.8 Å². The third-order valence-corrected chi connectivity index (χ3v) is 7.06. The SMILES string of the molecule is Cc1nn(-c2nc3ccc(Br)cc3s2)c2c1[C@@H](c1ccc(F)c(Br)c1)CC(=O)N2. The minimum Gasteiger partial charge on any atom is -0.310 e. The molecule has 0 spiro atoms. The Balaban J connectivity index is 1.67. The van der Waals surface area contributed by atoms with Gasteiger partial charge in [0.1, 0.15) is 11.6 Å². The van der Waals surface area contributed by atoms with E-state index in [9.17, 15) is 9.18 Å². The third kappa shape index (κ3) is 3.21. The molecule has 0 fully saturated rings. The van der Waals surface area contributed by atoms with Gasteiger partial charge in [0, 0.05) is 22.4 Å². The molecule has 0 radical (unpaired) electrons. The van der Waals surface area contributed by atoms with Crippen LogP contribution in [0.1, 0.15) is 29.2 Å². The first-order valence-corrected chi connectivity index (χ1v) is 11.2. The quantitative estimate of drug-likeness (QED) is 0.346. The van der Waals surface area contributed by atoms with Gasteiger partial charge in [-0.05, 0) is 58.7 Å². The molecule has 1 aliphatic heterocycles. The minimum absolute atomic E-state index is 0.104. The maximum absolute atomic E-state index is 13.7. The van der Waals surface area contributed by atoms with Crippen LogP contribution in [0.2, 0.25) is 0 Å². The Labute approximate surface area is 186 Å². The van der Waals surface area contributed by atoms with Crippen LogP contribution in [0, 0.1) is 12.7 Å². The predicted octanol–water partition coefficient (Wildman–Crippen LogP) is 5.93. The van der Waals surface area contributed by atoms with E-state index < -0.39 is 0 Å². The number of anilines is 1. The lowest BCUT2D eigenvalue weighted by Crippen LogP contribution is -2.25. The molecule has 2 aromatic heterocycles. The van der Waals surface area contributed by atoms with Gasteiger partial charge in [0.25, 0.3) is 0 Å². The molecular weight excluding hydrogens is 523 g/mol. The van der Waals surface area contributed by atoms with E-state index in [1.807, 2.05) is 25.1 Å². The molecule has 1 amide bonds. The molecule has 1 N–H and O–H groups in total. The summed E-state index contributed by atoms with van der Waals surface area (Å²) in [5.41, 5.74) is 3.48. The standard InChI is InChI=1S/C20H13Br2FN4OS/c1-9-18-12(10-2-4-14(23)13(22)6-10)8-17(28)25-19(18)27(26-9)20-24-15-5-3-11(21)7-16(15)29-20/h2-7,12H,8H2,1H3,(H,25,28)/t12-/m1/s1. The molecule has 0 saturated carbocycles. The number of carbonyl (C=O) groups is 1. The number of aryl methyl sites for hydroxylation is 1. The second-order valence-electron chi connectivity index (χ2n) is 6.85. The number of thiazole rings is 1. The maximum Gasteiger partial charge on any atom is 0.226 e. The van der Waals surface area contributed by atoms with E-state index in [0.717, 1.165) is 31.5 Å². The monoisotopic (exact) mass is 534 g/mol. The number of nitrogens with zero attached hydrogens (tertiary/aromatic N) is 3. The van der Waals surface area contributed by atoms with E-state index in [2.05, 4.69) is 47.3 Å². The number of halogens is 3. The molecular formula is C20H13Br2FN4OS. The van der Waals surface area contributed by atoms with Crippen LogP contribution in [-0.4, -0.2) is 20.7 Å². The Kier molecular flexibility index (Phi) is 4.56. The molecule has 4 aromatic rings. The number of benzene rings is 2. The van der Waals surface area contributed by atoms with E-state index >= 15 is 0 Å². The van der Waals surface area contributed by atoms with Crippen molar-refractivity contribution in [2.24, 2.45) is 0 Å². The van der Waals surface area contributed by atoms with Crippen LogP contribution in [0.5, 0.6) is 0 Å². The first kappa shape index (κ1) is 18.9. The molecule has 9 heteroatoms. The van der Waals surface area contributed by atoms with Gasteiger partial charge in [-0.2, -0.15) is 9.78 Å². The molecule has 1 atom stereocenters. The smallest absolute Gasteiger partial charge is 0.226 e. The Morgan fingerprint density at radius 2 is 2.07 bits per heavy atom. The van der Waals surface area contributed by atoms with Crippen LogP contribution in [0.3, 0.4) is 0 Å². The Morgan fingerprint density at radius 1 is 1.24 bits per heavy atom. The van der Waals surface area contributed by atoms with E-state index in [-0.39, 0.29) is 24.1 Å². The van der Waals surface area contributed by atoms with Crippen molar-refractivity contribution in [1.29, 1.82) is 0 Å². The number of hydrogen-bond donors (Lipinski definition) is 1. The van der Waals surface area contributed by atoms with Crippen molar-refractivity contribution in [2.75, 3.05) is 5.32 Å². The largest absolute Gasteiger partial charge is 0.310 e. The summed E-state index contributed by atoms with van der Waals surface area (Å²) in [6.45, 7) is 1.92. The number of rotatable bonds is 2. The number of nitrogens with one attached hydrogen (secondary N) is 1. The number of carbonyl (C=O) groups excluding carboxylic acids is 1. The molecule has 5 rings (SSSR count). The fraction of sp³-hybridized carbons (Fsp3) is 0.150. The third-order valence-electron chi connectivity index (χ3n) is 4.97. The number of aromatic nitrogens is 3. The molecule has 0 aliphatic carbocycles. The Morgan fingerprint density at radius 3 is 2.86 bits per heavy atom. The molecule has 0 unspecified atom stereocenters. The highest BCUT2D eigenvalue weighted by Gasteiger charge is 2.33. The summed E-state index contributed by atoms with van der Waals surface area (Å²) in [4.78, 5) is 17.2. The van der Waals surface area contributed by atoms with Crippen LogP contribution in [0.15, 0.2) is 45.3 Å². The zero-order chi connectivity index (χ0) is 20.3. The Hall–Kier alpha value is -2.10. The van der Waals surface area contributed by atoms with E-state index in [4.69, 9.17) is 0 Å². The average Bonchev–Trinajstić information content (AvgIpc) is 3.24. The number of hydrogen-bond acceptors (Lipinski definition) is 4. The van der Waals surface area contributed by atoms with Crippen molar-refractivity contribution < 1.29 is 9.18 Å². The zero-order valence-electron chi connectivity index (χ0n) is 15.0. The highest BCUT2D eigenvalue weighted by molar-refractivity contribution is 9.10. The van der Waals surface area contributed by atoms with Crippen LogP contribution < -0.4 is 5.32 Å². The fourth-order valence-corrected chi connectivity index (χ4v) is 5.55. The molecule has 0 saturated heterocycles. The summed E-state index contributed by atoms with van der Waals surface area (Å²) < 4.78 is 17.8. The van der Waals surface area contributed by atoms with Gasteiger partial charge in [-0.1, -0.05) is 33.3 Å². The van der Waals surface area contributed by atoms with Gasteiger partial charge in [-0.15, -0.1) is 0 Å². The van der Waals surface area contributed by atoms with Crippen LogP contribution >= 0.6 is 43.2 Å². The molecule has 1 aliphatic rings. The van der Waals surface area contributed by atoms with Gasteiger partial charge < -0.3 is 5.32 Å². The van der Waals surface area contributed by atoms with Crippen molar-refractivity contribution in [2.45, 2.75) is 19.3 Å². The molecule has 5 nitrogen and oxygen atoms in total. The lowest BCUT2D eigenvalue weighted by Gasteiger charge is -2.24. The summed E-state index contributed by atoms with van der Waals surface area (Å²) >= 11 is 8.23. The normalized spacial score (nSPS) is 16.1. The van der Waals surface area contributed by atoms with Gasteiger partial charge in [0.15, 0.2) is 0 Å². The second kappa shape index (κ2) is 7.00. The highest BCUT2D eigenvalue weighted by atomic mass is 79.9. The van der Waals surface area contributed by atoms with Gasteiger partial charge >= 0.3 is 0 Å². The van der Waals surface area contributed by atoms with Gasteiger partial charge in [0.2, 0.25) is 11.0 Å². The van der Waals surface area contributed by atoms with Crippen molar-refractivity contribution in [1.82, 2.24) is 14.8 Å². The summed E-state index contributed by atoms with van der Waals surface area (Å²) in [5.74, 6) is -0.00881. The molecule has 0 bridgehead atoms. The predicted molar refractivity (Wildman–Crippen MR) is 118 cm³/mol. The highest BCUT2D eigenvalue weighted by Crippen LogP contribution is 2.41. The van der Waals surface area contributed by atoms with Gasteiger partial charge in [-0.25, -0.2) is 9.37 Å². The summed E-state index contributed by atoms with van der Waals surface area (Å²) in [6, 6.07) is 10.8. The molecule has 3 heterocycles. The zero-order valence-corrected chi connectivity index (χ0v) is 19.0. The van der Waals surface area contributed by atoms with Gasteiger partial charge in [0.05, 0.1) is 20.4 Å². The van der Waals surface area contributed by atoms with Crippen molar-refractivity contribution in [3.05, 3.63) is 68.0 Å². The van der Waals surface area contributed by atoms with E-state index in [1.165, 1.54) is 17.4 Å². The molecule has 2 aromatic carbocycles. The topological polar surface area (TPSA) is 59.8 Å². The number of fused-ring (bicyclic) bond motifs is 2. The average molecular weight is 536 g/mol. The van der Waals surface area contributed by atoms with Crippen molar-refractivity contribution >= 4 is 65.1 Å². The lowest BCUT2D eigenvalue weighted by atomic mass is 9.86. The minimum atomic E-state index is -0.331. The second-order valence-corrected chi connectivity index (χ2v) is 9.63. The fourth-order valence-electron chi connectivity index (χ4n) is 3.68. The first-order valence-electron chi connectivity index (χ1n) is 8.81. The maximum atomic E-state index is 13.7. The Bertz CT molecular complexity index is 1300. The van der Waals surface area contributed by atoms with Crippen LogP contribution in [0.25, 0.3) is 15.3 Å². The summed E-state index contributed by atoms with van der Waals surface area (Å²) in [5, 5.41) is 8.33. The van der Waals surface area contributed by atoms with Crippen LogP contribution in [0.4, 0.5) is 10.2 Å². The molecule has 146 valence electrons. The van der Waals surface area contributed by atoms with Crippen molar-refractivity contribution in [3.63, 3.8) is 0 Å².